The molecule has 0 amide bonds. The minimum absolute atomic E-state index is 0.116. The van der Waals surface area contributed by atoms with E-state index in [2.05, 4.69) is 15.0 Å². The Bertz CT molecular complexity index is 927. The fourth-order valence-corrected chi connectivity index (χ4v) is 4.03. The zero-order valence-electron chi connectivity index (χ0n) is 13.8. The summed E-state index contributed by atoms with van der Waals surface area (Å²) in [6.45, 7) is 3.75. The quantitative estimate of drug-likeness (QED) is 0.409. The maximum Gasteiger partial charge on any atom is 0.206 e. The minimum Gasteiger partial charge on any atom is -0.349 e. The van der Waals surface area contributed by atoms with E-state index in [1.165, 1.54) is 0 Å². The second kappa shape index (κ2) is 6.42. The van der Waals surface area contributed by atoms with Crippen molar-refractivity contribution in [2.24, 2.45) is 5.11 Å². The van der Waals surface area contributed by atoms with Crippen LogP contribution in [0.25, 0.3) is 21.5 Å². The van der Waals surface area contributed by atoms with Crippen molar-refractivity contribution < 1.29 is 14.2 Å². The first-order valence-corrected chi connectivity index (χ1v) is 8.98. The van der Waals surface area contributed by atoms with E-state index in [0.717, 1.165) is 0 Å². The standard InChI is InChI=1S/C15H14Cl3N5O3/c1-15(2)25-11-10(5-20-22-19)24-13(12(11)26-15)23-9-4-7(17)6(16)3-8(9)21-14(23)18/h3-4,10-13H,5H2,1-2H3. The van der Waals surface area contributed by atoms with Crippen LogP contribution in [0.5, 0.6) is 0 Å². The minimum atomic E-state index is -0.796. The van der Waals surface area contributed by atoms with Crippen LogP contribution in [0, 0.1) is 0 Å². The summed E-state index contributed by atoms with van der Waals surface area (Å²) in [6.07, 6.45) is -1.94. The molecule has 1 aromatic heterocycles. The molecular formula is C15H14Cl3N5O3. The van der Waals surface area contributed by atoms with Crippen molar-refractivity contribution >= 4 is 45.8 Å². The molecule has 0 saturated carbocycles. The molecule has 2 aliphatic rings. The first kappa shape index (κ1) is 18.1. The van der Waals surface area contributed by atoms with Crippen LogP contribution in [0.4, 0.5) is 0 Å². The Morgan fingerprint density at radius 2 is 1.92 bits per heavy atom. The van der Waals surface area contributed by atoms with Gasteiger partial charge in [-0.15, -0.1) is 0 Å². The van der Waals surface area contributed by atoms with Gasteiger partial charge in [0.25, 0.3) is 0 Å². The largest absolute Gasteiger partial charge is 0.349 e. The number of fused-ring (bicyclic) bond motifs is 2. The lowest BCUT2D eigenvalue weighted by Crippen LogP contribution is -2.31. The molecular weight excluding hydrogens is 405 g/mol. The van der Waals surface area contributed by atoms with Gasteiger partial charge in [0.15, 0.2) is 12.0 Å². The number of hydrogen-bond acceptors (Lipinski definition) is 5. The summed E-state index contributed by atoms with van der Waals surface area (Å²) in [5.41, 5.74) is 9.87. The third kappa shape index (κ3) is 2.92. The van der Waals surface area contributed by atoms with E-state index in [4.69, 9.17) is 54.5 Å². The predicted molar refractivity (Wildman–Crippen MR) is 96.5 cm³/mol. The Balaban J connectivity index is 1.79. The van der Waals surface area contributed by atoms with Crippen LogP contribution < -0.4 is 0 Å². The van der Waals surface area contributed by atoms with Gasteiger partial charge in [-0.2, -0.15) is 0 Å². The Morgan fingerprint density at radius 1 is 1.23 bits per heavy atom. The number of ether oxygens (including phenoxy) is 3. The van der Waals surface area contributed by atoms with Gasteiger partial charge in [0.1, 0.15) is 12.2 Å². The van der Waals surface area contributed by atoms with Crippen LogP contribution in [0.3, 0.4) is 0 Å². The van der Waals surface area contributed by atoms with Gasteiger partial charge in [-0.05, 0) is 43.1 Å². The lowest BCUT2D eigenvalue weighted by atomic mass is 10.1. The summed E-state index contributed by atoms with van der Waals surface area (Å²) in [7, 11) is 0. The number of aromatic nitrogens is 2. The molecule has 4 rings (SSSR count). The summed E-state index contributed by atoms with van der Waals surface area (Å²) >= 11 is 18.6. The molecule has 2 fully saturated rings. The van der Waals surface area contributed by atoms with Gasteiger partial charge in [0.05, 0.1) is 33.7 Å². The highest BCUT2D eigenvalue weighted by Crippen LogP contribution is 2.45. The van der Waals surface area contributed by atoms with Crippen molar-refractivity contribution in [1.82, 2.24) is 9.55 Å². The summed E-state index contributed by atoms with van der Waals surface area (Å²) < 4.78 is 19.7. The van der Waals surface area contributed by atoms with Gasteiger partial charge >= 0.3 is 0 Å². The zero-order valence-corrected chi connectivity index (χ0v) is 16.0. The average Bonchev–Trinajstić information content (AvgIpc) is 3.14. The van der Waals surface area contributed by atoms with Crippen molar-refractivity contribution in [2.75, 3.05) is 6.54 Å². The van der Waals surface area contributed by atoms with Crippen molar-refractivity contribution in [1.29, 1.82) is 0 Å². The first-order valence-electron chi connectivity index (χ1n) is 7.85. The van der Waals surface area contributed by atoms with Gasteiger partial charge in [-0.1, -0.05) is 28.3 Å². The SMILES string of the molecule is CC1(C)OC2C(CN=[N+]=[N-])OC(n3c(Cl)nc4cc(Cl)c(Cl)cc43)C2O1. The van der Waals surface area contributed by atoms with Crippen molar-refractivity contribution in [3.63, 3.8) is 0 Å². The number of benzene rings is 1. The molecule has 0 bridgehead atoms. The molecule has 2 aromatic rings. The molecule has 2 saturated heterocycles. The lowest BCUT2D eigenvalue weighted by molar-refractivity contribution is -0.195. The summed E-state index contributed by atoms with van der Waals surface area (Å²) in [5, 5.41) is 4.58. The molecule has 2 aliphatic heterocycles. The first-order chi connectivity index (χ1) is 12.3. The van der Waals surface area contributed by atoms with E-state index in [-0.39, 0.29) is 11.8 Å². The maximum absolute atomic E-state index is 8.63. The van der Waals surface area contributed by atoms with Crippen LogP contribution in [0.15, 0.2) is 17.2 Å². The molecule has 26 heavy (non-hydrogen) atoms. The molecule has 3 heterocycles. The highest BCUT2D eigenvalue weighted by atomic mass is 35.5. The molecule has 0 spiro atoms. The van der Waals surface area contributed by atoms with Crippen LogP contribution in [0.1, 0.15) is 20.1 Å². The fraction of sp³-hybridized carbons (Fsp3) is 0.533. The second-order valence-electron chi connectivity index (χ2n) is 6.55. The van der Waals surface area contributed by atoms with E-state index >= 15 is 0 Å². The molecule has 4 atom stereocenters. The van der Waals surface area contributed by atoms with Gasteiger partial charge in [-0.3, -0.25) is 4.57 Å². The topological polar surface area (TPSA) is 94.3 Å². The predicted octanol–water partition coefficient (Wildman–Crippen LogP) is 4.72. The van der Waals surface area contributed by atoms with E-state index in [0.29, 0.717) is 21.1 Å². The highest BCUT2D eigenvalue weighted by molar-refractivity contribution is 6.42. The third-order valence-electron chi connectivity index (χ3n) is 4.39. The molecule has 0 aliphatic carbocycles. The smallest absolute Gasteiger partial charge is 0.206 e. The number of imidazole rings is 1. The molecule has 138 valence electrons. The molecule has 0 radical (unpaired) electrons. The summed E-state index contributed by atoms with van der Waals surface area (Å²) in [5.74, 6) is -0.796. The highest BCUT2D eigenvalue weighted by Gasteiger charge is 2.56. The van der Waals surface area contributed by atoms with Crippen LogP contribution in [0.2, 0.25) is 15.3 Å². The van der Waals surface area contributed by atoms with Gasteiger partial charge in [-0.25, -0.2) is 4.98 Å². The van der Waals surface area contributed by atoms with Gasteiger partial charge < -0.3 is 14.2 Å². The van der Waals surface area contributed by atoms with Crippen molar-refractivity contribution in [2.45, 2.75) is 44.2 Å². The Kier molecular flexibility index (Phi) is 4.48. The van der Waals surface area contributed by atoms with Crippen molar-refractivity contribution in [3.8, 4) is 0 Å². The maximum atomic E-state index is 8.63. The van der Waals surface area contributed by atoms with E-state index in [1.807, 2.05) is 13.8 Å². The van der Waals surface area contributed by atoms with E-state index in [1.54, 1.807) is 16.7 Å². The normalized spacial score (nSPS) is 29.7. The van der Waals surface area contributed by atoms with Crippen molar-refractivity contribution in [3.05, 3.63) is 37.9 Å². The monoisotopic (exact) mass is 417 g/mol. The lowest BCUT2D eigenvalue weighted by Gasteiger charge is -2.25. The summed E-state index contributed by atoms with van der Waals surface area (Å²) in [4.78, 5) is 7.12. The number of nitrogens with zero attached hydrogens (tertiary/aromatic N) is 5. The average molecular weight is 419 g/mol. The van der Waals surface area contributed by atoms with E-state index < -0.39 is 30.3 Å². The number of halogens is 3. The second-order valence-corrected chi connectivity index (χ2v) is 7.70. The van der Waals surface area contributed by atoms with Crippen LogP contribution in [-0.4, -0.2) is 40.2 Å². The molecule has 1 aromatic carbocycles. The Hall–Kier alpha value is -1.25. The summed E-state index contributed by atoms with van der Waals surface area (Å²) in [6, 6.07) is 3.32. The number of rotatable bonds is 3. The Morgan fingerprint density at radius 3 is 2.65 bits per heavy atom. The molecule has 4 unspecified atom stereocenters. The Labute approximate surface area is 163 Å². The van der Waals surface area contributed by atoms with Gasteiger partial charge in [0, 0.05) is 4.91 Å². The van der Waals surface area contributed by atoms with E-state index in [9.17, 15) is 0 Å². The number of azide groups is 1. The molecule has 11 heteroatoms. The zero-order chi connectivity index (χ0) is 18.6. The fourth-order valence-electron chi connectivity index (χ4n) is 3.43. The van der Waals surface area contributed by atoms with Gasteiger partial charge in [0.2, 0.25) is 5.28 Å². The number of hydrogen-bond donors (Lipinski definition) is 0. The van der Waals surface area contributed by atoms with Crippen LogP contribution in [-0.2, 0) is 14.2 Å². The molecule has 8 nitrogen and oxygen atoms in total. The molecule has 0 N–H and O–H groups in total. The van der Waals surface area contributed by atoms with Crippen LogP contribution >= 0.6 is 34.8 Å². The third-order valence-corrected chi connectivity index (χ3v) is 5.38.